The molecule has 0 aliphatic rings. The van der Waals surface area contributed by atoms with Gasteiger partial charge in [-0.3, -0.25) is 9.48 Å². The number of carbonyl (C=O) groups excluding carboxylic acids is 1. The van der Waals surface area contributed by atoms with Gasteiger partial charge in [-0.2, -0.15) is 9.78 Å². The Morgan fingerprint density at radius 1 is 1.37 bits per heavy atom. The highest BCUT2D eigenvalue weighted by Gasteiger charge is 2.25. The molecule has 140 valence electrons. The molecule has 3 rings (SSSR count). The van der Waals surface area contributed by atoms with Crippen molar-refractivity contribution >= 4 is 29.0 Å². The Labute approximate surface area is 159 Å². The van der Waals surface area contributed by atoms with E-state index in [2.05, 4.69) is 21.6 Å². The van der Waals surface area contributed by atoms with E-state index in [0.717, 1.165) is 11.1 Å². The van der Waals surface area contributed by atoms with E-state index in [4.69, 9.17) is 11.6 Å². The van der Waals surface area contributed by atoms with Crippen LogP contribution in [0.3, 0.4) is 0 Å². The summed E-state index contributed by atoms with van der Waals surface area (Å²) < 4.78 is 2.91. The number of aryl methyl sites for hydroxylation is 1. The number of hydrogen-bond donors (Lipinski definition) is 1. The smallest absolute Gasteiger partial charge is 0.358 e. The van der Waals surface area contributed by atoms with Crippen molar-refractivity contribution in [1.29, 1.82) is 0 Å². The number of halogens is 1. The van der Waals surface area contributed by atoms with Crippen molar-refractivity contribution in [1.82, 2.24) is 19.6 Å². The number of hydrogen-bond acceptors (Lipinski definition) is 5. The van der Waals surface area contributed by atoms with Gasteiger partial charge in [-0.1, -0.05) is 41.4 Å². The molecule has 3 aromatic rings. The van der Waals surface area contributed by atoms with Crippen LogP contribution >= 0.6 is 11.6 Å². The van der Waals surface area contributed by atoms with Crippen LogP contribution in [0.1, 0.15) is 16.8 Å². The molecule has 2 aromatic heterocycles. The average Bonchev–Trinajstić information content (AvgIpc) is 3.14. The van der Waals surface area contributed by atoms with Crippen molar-refractivity contribution < 1.29 is 9.72 Å². The lowest BCUT2D eigenvalue weighted by Crippen LogP contribution is -2.20. The standard InChI is InChI=1S/C17H17ClN6O3/c1-11-4-3-5-13(6-11)8-22-9-14(7-19-22)20-15(25)10-23-12(2)16(18)17(21-23)24(26)27/h3-7,9H,8,10H2,1-2H3,(H,20,25). The Hall–Kier alpha value is -3.20. The molecule has 0 saturated carbocycles. The third kappa shape index (κ3) is 4.32. The van der Waals surface area contributed by atoms with Crippen LogP contribution in [-0.4, -0.2) is 30.4 Å². The van der Waals surface area contributed by atoms with Crippen LogP contribution in [0.5, 0.6) is 0 Å². The molecule has 1 N–H and O–H groups in total. The van der Waals surface area contributed by atoms with Crippen molar-refractivity contribution in [2.45, 2.75) is 26.9 Å². The molecule has 2 heterocycles. The van der Waals surface area contributed by atoms with Crippen molar-refractivity contribution in [2.24, 2.45) is 0 Å². The number of nitro groups is 1. The number of anilines is 1. The molecule has 0 atom stereocenters. The Bertz CT molecular complexity index is 1010. The molecule has 0 aliphatic heterocycles. The second-order valence-corrected chi connectivity index (χ2v) is 6.48. The fourth-order valence-electron chi connectivity index (χ4n) is 2.63. The zero-order valence-corrected chi connectivity index (χ0v) is 15.5. The Morgan fingerprint density at radius 2 is 2.15 bits per heavy atom. The van der Waals surface area contributed by atoms with Crippen molar-refractivity contribution in [3.63, 3.8) is 0 Å². The number of nitrogens with zero attached hydrogens (tertiary/aromatic N) is 5. The summed E-state index contributed by atoms with van der Waals surface area (Å²) >= 11 is 5.87. The van der Waals surface area contributed by atoms with E-state index < -0.39 is 10.7 Å². The zero-order valence-electron chi connectivity index (χ0n) is 14.7. The maximum absolute atomic E-state index is 12.2. The summed E-state index contributed by atoms with van der Waals surface area (Å²) in [6, 6.07) is 8.07. The largest absolute Gasteiger partial charge is 0.408 e. The number of benzene rings is 1. The quantitative estimate of drug-likeness (QED) is 0.516. The first-order valence-electron chi connectivity index (χ1n) is 8.08. The van der Waals surface area contributed by atoms with Crippen LogP contribution < -0.4 is 5.32 Å². The second-order valence-electron chi connectivity index (χ2n) is 6.10. The molecule has 0 spiro atoms. The predicted octanol–water partition coefficient (Wildman–Crippen LogP) is 2.95. The van der Waals surface area contributed by atoms with Gasteiger partial charge in [0, 0.05) is 6.20 Å². The summed E-state index contributed by atoms with van der Waals surface area (Å²) in [6.45, 7) is 3.97. The Morgan fingerprint density at radius 3 is 2.81 bits per heavy atom. The molecule has 0 fully saturated rings. The van der Waals surface area contributed by atoms with Gasteiger partial charge in [0.15, 0.2) is 5.02 Å². The highest BCUT2D eigenvalue weighted by Crippen LogP contribution is 2.26. The zero-order chi connectivity index (χ0) is 19.6. The number of nitrogens with one attached hydrogen (secondary N) is 1. The molecule has 0 aliphatic carbocycles. The number of amides is 1. The highest BCUT2D eigenvalue weighted by molar-refractivity contribution is 6.33. The van der Waals surface area contributed by atoms with Crippen LogP contribution in [0.4, 0.5) is 11.5 Å². The molecule has 0 radical (unpaired) electrons. The van der Waals surface area contributed by atoms with Gasteiger partial charge in [0.2, 0.25) is 5.91 Å². The summed E-state index contributed by atoms with van der Waals surface area (Å²) in [7, 11) is 0. The van der Waals surface area contributed by atoms with Crippen LogP contribution in [0.2, 0.25) is 5.02 Å². The van der Waals surface area contributed by atoms with Crippen molar-refractivity contribution in [3.05, 3.63) is 68.6 Å². The van der Waals surface area contributed by atoms with E-state index in [1.807, 2.05) is 25.1 Å². The van der Waals surface area contributed by atoms with Gasteiger partial charge < -0.3 is 15.4 Å². The molecule has 0 unspecified atom stereocenters. The number of aromatic nitrogens is 4. The summed E-state index contributed by atoms with van der Waals surface area (Å²) in [5.41, 5.74) is 3.15. The van der Waals surface area contributed by atoms with Gasteiger partial charge in [-0.15, -0.1) is 0 Å². The topological polar surface area (TPSA) is 108 Å². The van der Waals surface area contributed by atoms with E-state index in [1.165, 1.54) is 4.68 Å². The average molecular weight is 389 g/mol. The summed E-state index contributed by atoms with van der Waals surface area (Å²) in [5, 5.41) is 21.5. The van der Waals surface area contributed by atoms with Crippen molar-refractivity contribution in [3.8, 4) is 0 Å². The van der Waals surface area contributed by atoms with Gasteiger partial charge in [0.25, 0.3) is 0 Å². The van der Waals surface area contributed by atoms with Crippen LogP contribution in [0, 0.1) is 24.0 Å². The fraction of sp³-hybridized carbons (Fsp3) is 0.235. The molecule has 10 heteroatoms. The third-order valence-electron chi connectivity index (χ3n) is 3.93. The van der Waals surface area contributed by atoms with Crippen LogP contribution in [0.25, 0.3) is 0 Å². The fourth-order valence-corrected chi connectivity index (χ4v) is 2.83. The second kappa shape index (κ2) is 7.58. The molecular formula is C17H17ClN6O3. The number of carbonyl (C=O) groups is 1. The van der Waals surface area contributed by atoms with Gasteiger partial charge in [-0.25, -0.2) is 0 Å². The number of rotatable bonds is 6. The Kier molecular flexibility index (Phi) is 5.22. The minimum Gasteiger partial charge on any atom is -0.358 e. The molecule has 0 bridgehead atoms. The van der Waals surface area contributed by atoms with E-state index in [-0.39, 0.29) is 17.5 Å². The molecule has 9 nitrogen and oxygen atoms in total. The first-order valence-corrected chi connectivity index (χ1v) is 8.46. The minimum atomic E-state index is -0.681. The Balaban J connectivity index is 1.64. The predicted molar refractivity (Wildman–Crippen MR) is 99.8 cm³/mol. The monoisotopic (exact) mass is 388 g/mol. The lowest BCUT2D eigenvalue weighted by atomic mass is 10.1. The van der Waals surface area contributed by atoms with E-state index in [0.29, 0.717) is 17.9 Å². The van der Waals surface area contributed by atoms with Crippen molar-refractivity contribution in [2.75, 3.05) is 5.32 Å². The van der Waals surface area contributed by atoms with Gasteiger partial charge in [0.05, 0.1) is 29.2 Å². The summed E-state index contributed by atoms with van der Waals surface area (Å²) in [5.74, 6) is -0.852. The maximum atomic E-state index is 12.2. The highest BCUT2D eigenvalue weighted by atomic mass is 35.5. The molecular weight excluding hydrogens is 372 g/mol. The normalized spacial score (nSPS) is 10.8. The first kappa shape index (κ1) is 18.6. The van der Waals surface area contributed by atoms with Crippen LogP contribution in [-0.2, 0) is 17.9 Å². The molecule has 0 saturated heterocycles. The third-order valence-corrected chi connectivity index (χ3v) is 4.37. The van der Waals surface area contributed by atoms with E-state index in [1.54, 1.807) is 24.0 Å². The minimum absolute atomic E-state index is 0.0706. The SMILES string of the molecule is Cc1cccc(Cn2cc(NC(=O)Cn3nc([N+](=O)[O-])c(Cl)c3C)cn2)c1. The lowest BCUT2D eigenvalue weighted by molar-refractivity contribution is -0.389. The van der Waals surface area contributed by atoms with Gasteiger partial charge in [-0.05, 0) is 24.3 Å². The lowest BCUT2D eigenvalue weighted by Gasteiger charge is -2.03. The van der Waals surface area contributed by atoms with Gasteiger partial charge >= 0.3 is 5.82 Å². The summed E-state index contributed by atoms with van der Waals surface area (Å²) in [6.07, 6.45) is 3.25. The maximum Gasteiger partial charge on any atom is 0.408 e. The molecule has 27 heavy (non-hydrogen) atoms. The van der Waals surface area contributed by atoms with Gasteiger partial charge in [0.1, 0.15) is 6.54 Å². The molecule has 1 amide bonds. The first-order chi connectivity index (χ1) is 12.8. The van der Waals surface area contributed by atoms with Crippen LogP contribution in [0.15, 0.2) is 36.7 Å². The molecule has 1 aromatic carbocycles. The van der Waals surface area contributed by atoms with E-state index in [9.17, 15) is 14.9 Å². The summed E-state index contributed by atoms with van der Waals surface area (Å²) in [4.78, 5) is 22.4. The van der Waals surface area contributed by atoms with E-state index >= 15 is 0 Å².